The molecule has 4 aromatic rings. The molecule has 0 unspecified atom stereocenters. The van der Waals surface area contributed by atoms with Crippen LogP contribution in [0.25, 0.3) is 46.4 Å². The number of furan rings is 1. The summed E-state index contributed by atoms with van der Waals surface area (Å²) in [5.74, 6) is 0.375. The number of rotatable bonds is 1. The van der Waals surface area contributed by atoms with Gasteiger partial charge < -0.3 is 14.4 Å². The highest BCUT2D eigenvalue weighted by molar-refractivity contribution is 5.77. The van der Waals surface area contributed by atoms with Crippen molar-refractivity contribution in [2.24, 2.45) is 0 Å². The number of nitrogens with zero attached hydrogens (tertiary/aromatic N) is 2. The van der Waals surface area contributed by atoms with Crippen molar-refractivity contribution in [1.29, 1.82) is 0 Å². The summed E-state index contributed by atoms with van der Waals surface area (Å²) >= 11 is 0. The first-order valence-corrected chi connectivity index (χ1v) is 9.77. The smallest absolute Gasteiger partial charge is 0.185 e. The Labute approximate surface area is 177 Å². The Kier molecular flexibility index (Phi) is 4.86. The summed E-state index contributed by atoms with van der Waals surface area (Å²) in [6.45, 7) is 0. The fourth-order valence-corrected chi connectivity index (χ4v) is 3.30. The zero-order valence-electron chi connectivity index (χ0n) is 16.4. The Bertz CT molecular complexity index is 1280. The fraction of sp³-hybridized carbons (Fsp3) is 0. The second-order valence-electron chi connectivity index (χ2n) is 7.04. The summed E-state index contributed by atoms with van der Waals surface area (Å²) in [6, 6.07) is 19.6. The summed E-state index contributed by atoms with van der Waals surface area (Å²) in [5, 5.41) is 0. The van der Waals surface area contributed by atoms with Gasteiger partial charge in [-0.1, -0.05) is 0 Å². The van der Waals surface area contributed by atoms with Gasteiger partial charge in [0.2, 0.25) is 0 Å². The van der Waals surface area contributed by atoms with E-state index < -0.39 is 0 Å². The molecule has 6 heterocycles. The molecule has 8 bridgehead atoms. The number of carbonyl (C=O) groups is 1. The number of fused-ring (bicyclic) bond motifs is 8. The molecule has 0 fully saturated rings. The first kappa shape index (κ1) is 18.6. The Morgan fingerprint density at radius 3 is 1.35 bits per heavy atom. The lowest BCUT2D eigenvalue weighted by Gasteiger charge is -1.85. The lowest BCUT2D eigenvalue weighted by molar-refractivity contribution is 0.110. The molecule has 0 amide bonds. The van der Waals surface area contributed by atoms with Crippen molar-refractivity contribution in [2.75, 3.05) is 0 Å². The topological polar surface area (TPSA) is 87.6 Å². The van der Waals surface area contributed by atoms with Crippen LogP contribution in [0.1, 0.15) is 33.3 Å². The van der Waals surface area contributed by atoms with E-state index in [0.29, 0.717) is 12.0 Å². The molecule has 0 aromatic carbocycles. The fourth-order valence-electron chi connectivity index (χ4n) is 3.30. The number of carbonyl (C=O) groups excluding carboxylic acids is 1. The van der Waals surface area contributed by atoms with Crippen LogP contribution in [0.2, 0.25) is 0 Å². The van der Waals surface area contributed by atoms with Crippen LogP contribution >= 0.6 is 0 Å². The van der Waals surface area contributed by atoms with Gasteiger partial charge in [-0.15, -0.1) is 0 Å². The zero-order valence-corrected chi connectivity index (χ0v) is 16.4. The molecular weight excluding hydrogens is 388 g/mol. The number of aldehydes is 1. The quantitative estimate of drug-likeness (QED) is 0.341. The van der Waals surface area contributed by atoms with Crippen LogP contribution in [0.3, 0.4) is 0 Å². The van der Waals surface area contributed by atoms with Gasteiger partial charge in [-0.2, -0.15) is 0 Å². The van der Waals surface area contributed by atoms with Gasteiger partial charge in [-0.25, -0.2) is 9.97 Å². The van der Waals surface area contributed by atoms with E-state index in [1.807, 2.05) is 48.6 Å². The maximum absolute atomic E-state index is 9.77. The lowest BCUT2D eigenvalue weighted by atomic mass is 10.3. The molecule has 0 saturated heterocycles. The third-order valence-corrected chi connectivity index (χ3v) is 4.70. The summed E-state index contributed by atoms with van der Waals surface area (Å²) in [4.78, 5) is 25.8. The molecule has 31 heavy (non-hydrogen) atoms. The minimum Gasteiger partial charge on any atom is -0.462 e. The Balaban J connectivity index is 0.000000250. The summed E-state index contributed by atoms with van der Waals surface area (Å²) in [6.07, 6.45) is 10.2. The molecule has 2 aliphatic heterocycles. The van der Waals surface area contributed by atoms with E-state index in [4.69, 9.17) is 0 Å². The molecule has 6 nitrogen and oxygen atoms in total. The number of hydrogen-bond donors (Lipinski definition) is 2. The van der Waals surface area contributed by atoms with Gasteiger partial charge in [-0.05, 0) is 85.0 Å². The normalized spacial score (nSPS) is 11.7. The molecule has 0 saturated carbocycles. The standard InChI is InChI=1S/C20H14N4.C5H4O2/c1-2-14-10-16-5-6-18(23-16)12-20-8-7-19(24-20)11-17-4-3-15(22-17)9-13(1)21-14;6-4-5-2-1-3-7-5/h1-12,21,24H;1-4H. The van der Waals surface area contributed by atoms with Gasteiger partial charge in [0.15, 0.2) is 12.0 Å². The van der Waals surface area contributed by atoms with Crippen molar-refractivity contribution in [1.82, 2.24) is 19.9 Å². The Morgan fingerprint density at radius 1 is 0.645 bits per heavy atom. The molecule has 150 valence electrons. The third-order valence-electron chi connectivity index (χ3n) is 4.70. The van der Waals surface area contributed by atoms with Crippen LogP contribution in [0, 0.1) is 0 Å². The zero-order chi connectivity index (χ0) is 21.0. The van der Waals surface area contributed by atoms with Gasteiger partial charge in [-0.3, -0.25) is 4.79 Å². The van der Waals surface area contributed by atoms with Crippen LogP contribution in [0.4, 0.5) is 0 Å². The highest BCUT2D eigenvalue weighted by atomic mass is 16.3. The second-order valence-corrected chi connectivity index (χ2v) is 7.04. The third kappa shape index (κ3) is 4.43. The first-order valence-electron chi connectivity index (χ1n) is 9.77. The van der Waals surface area contributed by atoms with Crippen molar-refractivity contribution in [3.05, 3.63) is 95.5 Å². The Hall–Kier alpha value is -4.45. The summed E-state index contributed by atoms with van der Waals surface area (Å²) in [5.41, 5.74) is 7.86. The highest BCUT2D eigenvalue weighted by Crippen LogP contribution is 2.16. The molecule has 0 radical (unpaired) electrons. The molecule has 0 aliphatic carbocycles. The molecule has 6 rings (SSSR count). The van der Waals surface area contributed by atoms with E-state index in [-0.39, 0.29) is 0 Å². The van der Waals surface area contributed by atoms with Gasteiger partial charge in [0.05, 0.1) is 29.0 Å². The van der Waals surface area contributed by atoms with E-state index in [1.165, 1.54) is 6.26 Å². The predicted molar refractivity (Wildman–Crippen MR) is 123 cm³/mol. The number of aromatic nitrogens is 4. The minimum absolute atomic E-state index is 0.375. The largest absolute Gasteiger partial charge is 0.462 e. The van der Waals surface area contributed by atoms with Crippen LogP contribution in [0.15, 0.2) is 71.3 Å². The number of H-pyrrole nitrogens is 2. The number of hydrogen-bond acceptors (Lipinski definition) is 4. The van der Waals surface area contributed by atoms with E-state index >= 15 is 0 Å². The molecule has 6 heteroatoms. The number of aromatic amines is 2. The van der Waals surface area contributed by atoms with Gasteiger partial charge in [0, 0.05) is 22.1 Å². The summed E-state index contributed by atoms with van der Waals surface area (Å²) < 4.78 is 4.61. The monoisotopic (exact) mass is 406 g/mol. The molecular formula is C25H18N4O2. The van der Waals surface area contributed by atoms with Crippen molar-refractivity contribution in [3.63, 3.8) is 0 Å². The van der Waals surface area contributed by atoms with E-state index in [2.05, 4.69) is 48.6 Å². The van der Waals surface area contributed by atoms with Crippen LogP contribution < -0.4 is 0 Å². The second kappa shape index (κ2) is 8.12. The molecule has 0 atom stereocenters. The SMILES string of the molecule is C1=Cc2cc3ccc(cc4nc(cc5ccc(cc1n2)[nH]5)C=C4)[nH]3.O=Cc1ccco1. The maximum Gasteiger partial charge on any atom is 0.185 e. The van der Waals surface area contributed by atoms with Gasteiger partial charge in [0.1, 0.15) is 0 Å². The van der Waals surface area contributed by atoms with Crippen LogP contribution in [-0.2, 0) is 0 Å². The van der Waals surface area contributed by atoms with Gasteiger partial charge in [0.25, 0.3) is 0 Å². The van der Waals surface area contributed by atoms with Crippen molar-refractivity contribution in [3.8, 4) is 0 Å². The first-order chi connectivity index (χ1) is 15.2. The van der Waals surface area contributed by atoms with Crippen LogP contribution in [-0.4, -0.2) is 26.2 Å². The lowest BCUT2D eigenvalue weighted by Crippen LogP contribution is -1.75. The molecule has 0 spiro atoms. The number of nitrogens with one attached hydrogen (secondary N) is 2. The molecule has 4 aromatic heterocycles. The summed E-state index contributed by atoms with van der Waals surface area (Å²) in [7, 11) is 0. The predicted octanol–water partition coefficient (Wildman–Crippen LogP) is 5.75. The van der Waals surface area contributed by atoms with E-state index in [1.54, 1.807) is 12.1 Å². The highest BCUT2D eigenvalue weighted by Gasteiger charge is 2.01. The van der Waals surface area contributed by atoms with E-state index in [0.717, 1.165) is 44.8 Å². The molecule has 2 aliphatic rings. The van der Waals surface area contributed by atoms with Crippen molar-refractivity contribution in [2.45, 2.75) is 0 Å². The Morgan fingerprint density at radius 2 is 1.06 bits per heavy atom. The molecule has 2 N–H and O–H groups in total. The van der Waals surface area contributed by atoms with Gasteiger partial charge >= 0.3 is 0 Å². The minimum atomic E-state index is 0.375. The van der Waals surface area contributed by atoms with Crippen molar-refractivity contribution >= 4 is 52.7 Å². The van der Waals surface area contributed by atoms with Crippen LogP contribution in [0.5, 0.6) is 0 Å². The maximum atomic E-state index is 9.77. The average molecular weight is 406 g/mol. The van der Waals surface area contributed by atoms with Crippen molar-refractivity contribution < 1.29 is 9.21 Å². The van der Waals surface area contributed by atoms with E-state index in [9.17, 15) is 4.79 Å². The average Bonchev–Trinajstić information content (AvgIpc) is 3.57.